The molecule has 0 amide bonds. The fourth-order valence-corrected chi connectivity index (χ4v) is 4.59. The second-order valence-corrected chi connectivity index (χ2v) is 8.79. The molecule has 2 aromatic carbocycles. The maximum absolute atomic E-state index is 14.0. The van der Waals surface area contributed by atoms with Crippen LogP contribution in [0.5, 0.6) is 0 Å². The number of imidazole rings is 2. The lowest BCUT2D eigenvalue weighted by Gasteiger charge is -2.17. The van der Waals surface area contributed by atoms with E-state index < -0.39 is 0 Å². The van der Waals surface area contributed by atoms with E-state index in [4.69, 9.17) is 21.6 Å². The second-order valence-electron chi connectivity index (χ2n) is 8.36. The summed E-state index contributed by atoms with van der Waals surface area (Å²) in [4.78, 5) is 30.1. The zero-order valence-corrected chi connectivity index (χ0v) is 19.7. The molecule has 1 N–H and O–H groups in total. The smallest absolute Gasteiger partial charge is 0.302 e. The second kappa shape index (κ2) is 9.02. The number of nitrogens with zero attached hydrogens (tertiary/aromatic N) is 5. The van der Waals surface area contributed by atoms with Crippen molar-refractivity contribution in [3.8, 4) is 17.2 Å². The lowest BCUT2D eigenvalue weighted by atomic mass is 10.1. The molecule has 7 nitrogen and oxygen atoms in total. The van der Waals surface area contributed by atoms with Gasteiger partial charge in [-0.2, -0.15) is 4.98 Å². The Morgan fingerprint density at radius 2 is 1.79 bits per heavy atom. The van der Waals surface area contributed by atoms with E-state index in [0.29, 0.717) is 38.9 Å². The maximum Gasteiger partial charge on any atom is 0.327 e. The molecule has 0 bridgehead atoms. The molecule has 5 aromatic rings. The Balaban J connectivity index is 1.82. The van der Waals surface area contributed by atoms with E-state index in [-0.39, 0.29) is 17.5 Å². The maximum atomic E-state index is 14.0. The van der Waals surface area contributed by atoms with E-state index in [1.54, 1.807) is 33.7 Å². The van der Waals surface area contributed by atoms with Gasteiger partial charge in [0.05, 0.1) is 11.0 Å². The van der Waals surface area contributed by atoms with Gasteiger partial charge in [-0.15, -0.1) is 0 Å². The predicted octanol–water partition coefficient (Wildman–Crippen LogP) is 6.06. The number of H-pyrrole nitrogens is 1. The van der Waals surface area contributed by atoms with Gasteiger partial charge in [0.1, 0.15) is 23.4 Å². The van der Waals surface area contributed by atoms with Gasteiger partial charge in [-0.1, -0.05) is 50.4 Å². The SMILES string of the molecule is CCCC(CCC)n1c(=O)[nH]c2c(-c3ccc(Cl)cc3)nc(-n3cnc4ccc(F)cc43)nc21. The van der Waals surface area contributed by atoms with Crippen molar-refractivity contribution in [3.05, 3.63) is 70.1 Å². The number of aromatic amines is 1. The molecule has 0 saturated carbocycles. The number of hydrogen-bond acceptors (Lipinski definition) is 4. The molecule has 0 aliphatic carbocycles. The highest BCUT2D eigenvalue weighted by Gasteiger charge is 2.22. The van der Waals surface area contributed by atoms with Crippen molar-refractivity contribution in [2.75, 3.05) is 0 Å². The van der Waals surface area contributed by atoms with Gasteiger partial charge >= 0.3 is 5.69 Å². The molecular formula is C25H24ClFN6O. The normalized spacial score (nSPS) is 11.8. The van der Waals surface area contributed by atoms with Crippen LogP contribution in [0.1, 0.15) is 45.6 Å². The highest BCUT2D eigenvalue weighted by molar-refractivity contribution is 6.30. The molecule has 0 saturated heterocycles. The third kappa shape index (κ3) is 3.88. The van der Waals surface area contributed by atoms with Gasteiger partial charge in [-0.25, -0.2) is 19.2 Å². The van der Waals surface area contributed by atoms with Gasteiger partial charge in [0.2, 0.25) is 5.95 Å². The number of fused-ring (bicyclic) bond motifs is 2. The third-order valence-electron chi connectivity index (χ3n) is 6.01. The van der Waals surface area contributed by atoms with Crippen LogP contribution in [0.3, 0.4) is 0 Å². The van der Waals surface area contributed by atoms with Gasteiger partial charge in [0.25, 0.3) is 0 Å². The van der Waals surface area contributed by atoms with Crippen LogP contribution in [-0.2, 0) is 0 Å². The summed E-state index contributed by atoms with van der Waals surface area (Å²) in [5.74, 6) is -0.0668. The van der Waals surface area contributed by atoms with Crippen LogP contribution in [0.15, 0.2) is 53.6 Å². The Kier molecular flexibility index (Phi) is 5.91. The minimum atomic E-state index is -0.377. The van der Waals surface area contributed by atoms with Gasteiger partial charge in [-0.05, 0) is 37.1 Å². The highest BCUT2D eigenvalue weighted by atomic mass is 35.5. The van der Waals surface area contributed by atoms with Crippen molar-refractivity contribution in [2.45, 2.75) is 45.6 Å². The number of benzene rings is 2. The lowest BCUT2D eigenvalue weighted by molar-refractivity contribution is 0.424. The zero-order valence-electron chi connectivity index (χ0n) is 18.9. The number of rotatable bonds is 7. The van der Waals surface area contributed by atoms with Crippen molar-refractivity contribution < 1.29 is 4.39 Å². The van der Waals surface area contributed by atoms with Gasteiger partial charge < -0.3 is 4.98 Å². The molecule has 0 atom stereocenters. The Morgan fingerprint density at radius 3 is 2.50 bits per heavy atom. The minimum absolute atomic E-state index is 0.00837. The van der Waals surface area contributed by atoms with Crippen LogP contribution in [0.2, 0.25) is 5.02 Å². The van der Waals surface area contributed by atoms with Gasteiger partial charge in [0, 0.05) is 22.7 Å². The predicted molar refractivity (Wildman–Crippen MR) is 132 cm³/mol. The van der Waals surface area contributed by atoms with Crippen molar-refractivity contribution in [1.29, 1.82) is 0 Å². The summed E-state index contributed by atoms with van der Waals surface area (Å²) < 4.78 is 17.4. The van der Waals surface area contributed by atoms with Crippen molar-refractivity contribution in [2.24, 2.45) is 0 Å². The molecule has 9 heteroatoms. The van der Waals surface area contributed by atoms with Crippen LogP contribution in [0.25, 0.3) is 39.4 Å². The van der Waals surface area contributed by atoms with E-state index in [0.717, 1.165) is 31.2 Å². The molecule has 3 aromatic heterocycles. The zero-order chi connectivity index (χ0) is 23.8. The molecule has 174 valence electrons. The van der Waals surface area contributed by atoms with Crippen LogP contribution >= 0.6 is 11.6 Å². The fourth-order valence-electron chi connectivity index (χ4n) is 4.46. The summed E-state index contributed by atoms with van der Waals surface area (Å²) in [5.41, 5.74) is 3.38. The van der Waals surface area contributed by atoms with Crippen LogP contribution in [0, 0.1) is 5.82 Å². The molecule has 3 heterocycles. The molecule has 34 heavy (non-hydrogen) atoms. The van der Waals surface area contributed by atoms with Crippen molar-refractivity contribution >= 4 is 33.8 Å². The fraction of sp³-hybridized carbons (Fsp3) is 0.280. The standard InChI is InChI=1S/C25H24ClFN6O/c1-3-5-18(6-4-2)33-23-22(30-25(33)34)21(15-7-9-16(26)10-8-15)29-24(31-23)32-14-28-19-12-11-17(27)13-20(19)32/h7-14,18H,3-6H2,1-2H3,(H,30,34). The average Bonchev–Trinajstić information content (AvgIpc) is 3.38. The molecule has 0 unspecified atom stereocenters. The number of aromatic nitrogens is 6. The Hall–Kier alpha value is -3.52. The first-order valence-electron chi connectivity index (χ1n) is 11.4. The molecule has 0 aliphatic rings. The van der Waals surface area contributed by atoms with E-state index >= 15 is 0 Å². The first-order chi connectivity index (χ1) is 16.5. The summed E-state index contributed by atoms with van der Waals surface area (Å²) >= 11 is 6.11. The van der Waals surface area contributed by atoms with Crippen molar-refractivity contribution in [1.82, 2.24) is 29.1 Å². The van der Waals surface area contributed by atoms with E-state index in [1.165, 1.54) is 12.1 Å². The highest BCUT2D eigenvalue weighted by Crippen LogP contribution is 2.30. The molecule has 0 fully saturated rings. The molecular weight excluding hydrogens is 455 g/mol. The van der Waals surface area contributed by atoms with Crippen LogP contribution < -0.4 is 5.69 Å². The van der Waals surface area contributed by atoms with Crippen LogP contribution in [0.4, 0.5) is 4.39 Å². The molecule has 5 rings (SSSR count). The molecule has 0 aliphatic heterocycles. The van der Waals surface area contributed by atoms with E-state index in [2.05, 4.69) is 23.8 Å². The summed E-state index contributed by atoms with van der Waals surface area (Å²) in [6.07, 6.45) is 5.17. The van der Waals surface area contributed by atoms with E-state index in [9.17, 15) is 9.18 Å². The van der Waals surface area contributed by atoms with Crippen molar-refractivity contribution in [3.63, 3.8) is 0 Å². The molecule has 0 radical (unpaired) electrons. The van der Waals surface area contributed by atoms with Gasteiger partial charge in [0.15, 0.2) is 5.65 Å². The summed E-state index contributed by atoms with van der Waals surface area (Å²) in [6, 6.07) is 11.7. The topological polar surface area (TPSA) is 81.4 Å². The number of nitrogens with one attached hydrogen (secondary N) is 1. The first-order valence-corrected chi connectivity index (χ1v) is 11.8. The number of hydrogen-bond donors (Lipinski definition) is 1. The Bertz CT molecular complexity index is 1530. The Morgan fingerprint density at radius 1 is 1.06 bits per heavy atom. The minimum Gasteiger partial charge on any atom is -0.302 e. The van der Waals surface area contributed by atoms with Gasteiger partial charge in [-0.3, -0.25) is 9.13 Å². The summed E-state index contributed by atoms with van der Waals surface area (Å²) in [7, 11) is 0. The monoisotopic (exact) mass is 478 g/mol. The van der Waals surface area contributed by atoms with E-state index in [1.807, 2.05) is 12.1 Å². The first kappa shape index (κ1) is 22.3. The number of halogens is 2. The summed E-state index contributed by atoms with van der Waals surface area (Å²) in [6.45, 7) is 4.21. The third-order valence-corrected chi connectivity index (χ3v) is 6.26. The lowest BCUT2D eigenvalue weighted by Crippen LogP contribution is -2.22. The average molecular weight is 479 g/mol. The largest absolute Gasteiger partial charge is 0.327 e. The van der Waals surface area contributed by atoms with Crippen LogP contribution in [-0.4, -0.2) is 29.1 Å². The quantitative estimate of drug-likeness (QED) is 0.308. The molecule has 0 spiro atoms. The summed E-state index contributed by atoms with van der Waals surface area (Å²) in [5, 5.41) is 0.599. The Labute approximate surface area is 200 Å².